The lowest BCUT2D eigenvalue weighted by atomic mass is 10.2. The average molecular weight is 289 g/mol. The zero-order chi connectivity index (χ0) is 15.4. The molecular formula is C18H15N3O. The number of Topliss-reactive ketones (excluding diaryl/α,β-unsaturated/α-hetero) is 1. The minimum absolute atomic E-state index is 0.0305. The van der Waals surface area contributed by atoms with E-state index in [2.05, 4.69) is 15.0 Å². The molecule has 0 aliphatic carbocycles. The molecule has 2 aromatic heterocycles. The Morgan fingerprint density at radius 1 is 1.14 bits per heavy atom. The highest BCUT2D eigenvalue weighted by Crippen LogP contribution is 2.22. The molecule has 3 aromatic rings. The number of aliphatic imine (C=N–C) groups is 1. The Morgan fingerprint density at radius 2 is 1.95 bits per heavy atom. The van der Waals surface area contributed by atoms with Gasteiger partial charge in [0.15, 0.2) is 5.78 Å². The SMILES string of the molecule is CC(=O)c1cccc(CC=Nc2cccc3cccnc23)n1. The molecular weight excluding hydrogens is 274 g/mol. The number of hydrogen-bond donors (Lipinski definition) is 0. The first-order valence-corrected chi connectivity index (χ1v) is 7.07. The van der Waals surface area contributed by atoms with Gasteiger partial charge in [-0.05, 0) is 24.3 Å². The first-order chi connectivity index (χ1) is 10.7. The van der Waals surface area contributed by atoms with Crippen molar-refractivity contribution in [3.8, 4) is 0 Å². The highest BCUT2D eigenvalue weighted by molar-refractivity contribution is 5.92. The molecule has 0 radical (unpaired) electrons. The number of aromatic nitrogens is 2. The number of ketones is 1. The number of carbonyl (C=O) groups is 1. The molecule has 22 heavy (non-hydrogen) atoms. The summed E-state index contributed by atoms with van der Waals surface area (Å²) in [4.78, 5) is 24.5. The molecule has 4 nitrogen and oxygen atoms in total. The van der Waals surface area contributed by atoms with Crippen LogP contribution in [0.4, 0.5) is 5.69 Å². The molecule has 0 unspecified atom stereocenters. The van der Waals surface area contributed by atoms with Gasteiger partial charge in [-0.15, -0.1) is 0 Å². The Morgan fingerprint density at radius 3 is 2.82 bits per heavy atom. The molecule has 0 aliphatic heterocycles. The monoisotopic (exact) mass is 289 g/mol. The van der Waals surface area contributed by atoms with Crippen LogP contribution in [0, 0.1) is 0 Å². The lowest BCUT2D eigenvalue weighted by molar-refractivity contribution is 0.101. The summed E-state index contributed by atoms with van der Waals surface area (Å²) in [6.07, 6.45) is 4.14. The lowest BCUT2D eigenvalue weighted by Gasteiger charge is -2.01. The van der Waals surface area contributed by atoms with Crippen LogP contribution < -0.4 is 0 Å². The maximum Gasteiger partial charge on any atom is 0.178 e. The molecule has 0 saturated carbocycles. The first kappa shape index (κ1) is 14.1. The minimum atomic E-state index is -0.0305. The van der Waals surface area contributed by atoms with E-state index in [0.717, 1.165) is 22.3 Å². The summed E-state index contributed by atoms with van der Waals surface area (Å²) < 4.78 is 0. The Bertz CT molecular complexity index is 850. The van der Waals surface area contributed by atoms with Gasteiger partial charge in [-0.3, -0.25) is 14.8 Å². The van der Waals surface area contributed by atoms with Crippen LogP contribution in [0.5, 0.6) is 0 Å². The van der Waals surface area contributed by atoms with Crippen molar-refractivity contribution in [2.45, 2.75) is 13.3 Å². The molecule has 2 heterocycles. The van der Waals surface area contributed by atoms with Gasteiger partial charge in [0.05, 0.1) is 11.2 Å². The van der Waals surface area contributed by atoms with Crippen LogP contribution in [-0.4, -0.2) is 22.0 Å². The van der Waals surface area contributed by atoms with E-state index in [0.29, 0.717) is 12.1 Å². The zero-order valence-electron chi connectivity index (χ0n) is 12.2. The Labute approximate surface area is 128 Å². The second-order valence-corrected chi connectivity index (χ2v) is 4.94. The molecule has 3 rings (SSSR count). The molecule has 0 aliphatic rings. The molecule has 1 aromatic carbocycles. The van der Waals surface area contributed by atoms with Crippen LogP contribution in [0.1, 0.15) is 23.1 Å². The van der Waals surface area contributed by atoms with Crippen LogP contribution in [0.15, 0.2) is 59.7 Å². The first-order valence-electron chi connectivity index (χ1n) is 7.07. The third-order valence-electron chi connectivity index (χ3n) is 3.31. The molecule has 0 atom stereocenters. The molecule has 0 N–H and O–H groups in total. The third kappa shape index (κ3) is 3.06. The standard InChI is InChI=1S/C18H15N3O/c1-13(22)16-8-3-7-15(21-16)10-12-19-17-9-2-5-14-6-4-11-20-18(14)17/h2-9,11-12H,10H2,1H3. The van der Waals surface area contributed by atoms with Crippen molar-refractivity contribution >= 4 is 28.6 Å². The average Bonchev–Trinajstić information content (AvgIpc) is 2.55. The van der Waals surface area contributed by atoms with Gasteiger partial charge in [0.25, 0.3) is 0 Å². The predicted molar refractivity (Wildman–Crippen MR) is 87.8 cm³/mol. The molecule has 0 fully saturated rings. The molecule has 108 valence electrons. The summed E-state index contributed by atoms with van der Waals surface area (Å²) in [5.74, 6) is -0.0305. The van der Waals surface area contributed by atoms with Crippen molar-refractivity contribution in [2.75, 3.05) is 0 Å². The van der Waals surface area contributed by atoms with E-state index in [1.165, 1.54) is 6.92 Å². The predicted octanol–water partition coefficient (Wildman–Crippen LogP) is 3.78. The van der Waals surface area contributed by atoms with Crippen molar-refractivity contribution < 1.29 is 4.79 Å². The van der Waals surface area contributed by atoms with Gasteiger partial charge in [0.2, 0.25) is 0 Å². The molecule has 0 amide bonds. The van der Waals surface area contributed by atoms with E-state index in [4.69, 9.17) is 0 Å². The summed E-state index contributed by atoms with van der Waals surface area (Å²) in [7, 11) is 0. The summed E-state index contributed by atoms with van der Waals surface area (Å²) >= 11 is 0. The van der Waals surface area contributed by atoms with E-state index >= 15 is 0 Å². The fraction of sp³-hybridized carbons (Fsp3) is 0.111. The maximum absolute atomic E-state index is 11.3. The molecule has 4 heteroatoms. The van der Waals surface area contributed by atoms with Gasteiger partial charge in [-0.1, -0.05) is 24.3 Å². The lowest BCUT2D eigenvalue weighted by Crippen LogP contribution is -2.00. The Hall–Kier alpha value is -2.88. The number of carbonyl (C=O) groups excluding carboxylic acids is 1. The normalized spacial score (nSPS) is 11.1. The van der Waals surface area contributed by atoms with Gasteiger partial charge in [0, 0.05) is 36.8 Å². The second-order valence-electron chi connectivity index (χ2n) is 4.94. The highest BCUT2D eigenvalue weighted by Gasteiger charge is 2.02. The maximum atomic E-state index is 11.3. The third-order valence-corrected chi connectivity index (χ3v) is 3.31. The van der Waals surface area contributed by atoms with E-state index in [9.17, 15) is 4.79 Å². The summed E-state index contributed by atoms with van der Waals surface area (Å²) in [6, 6.07) is 15.3. The number of rotatable bonds is 4. The number of fused-ring (bicyclic) bond motifs is 1. The largest absolute Gasteiger partial charge is 0.293 e. The number of para-hydroxylation sites is 1. The summed E-state index contributed by atoms with van der Waals surface area (Å²) in [5, 5.41) is 1.06. The quantitative estimate of drug-likeness (QED) is 0.542. The summed E-state index contributed by atoms with van der Waals surface area (Å²) in [6.45, 7) is 1.52. The van der Waals surface area contributed by atoms with Crippen LogP contribution in [0.3, 0.4) is 0 Å². The fourth-order valence-electron chi connectivity index (χ4n) is 2.22. The van der Waals surface area contributed by atoms with Crippen LogP contribution in [0.2, 0.25) is 0 Å². The van der Waals surface area contributed by atoms with Crippen molar-refractivity contribution in [3.05, 3.63) is 66.1 Å². The Kier molecular flexibility index (Phi) is 4.01. The van der Waals surface area contributed by atoms with E-state index in [-0.39, 0.29) is 5.78 Å². The van der Waals surface area contributed by atoms with Crippen LogP contribution in [-0.2, 0) is 6.42 Å². The molecule has 0 saturated heterocycles. The van der Waals surface area contributed by atoms with Crippen LogP contribution in [0.25, 0.3) is 10.9 Å². The fourth-order valence-corrected chi connectivity index (χ4v) is 2.22. The molecule has 0 spiro atoms. The van der Waals surface area contributed by atoms with Crippen molar-refractivity contribution in [1.29, 1.82) is 0 Å². The van der Waals surface area contributed by atoms with Crippen molar-refractivity contribution in [3.63, 3.8) is 0 Å². The zero-order valence-corrected chi connectivity index (χ0v) is 12.2. The van der Waals surface area contributed by atoms with Gasteiger partial charge >= 0.3 is 0 Å². The molecule has 0 bridgehead atoms. The van der Waals surface area contributed by atoms with E-state index in [1.54, 1.807) is 18.5 Å². The van der Waals surface area contributed by atoms with Gasteiger partial charge < -0.3 is 0 Å². The van der Waals surface area contributed by atoms with Crippen molar-refractivity contribution in [1.82, 2.24) is 9.97 Å². The smallest absolute Gasteiger partial charge is 0.178 e. The van der Waals surface area contributed by atoms with E-state index in [1.807, 2.05) is 42.5 Å². The van der Waals surface area contributed by atoms with Crippen molar-refractivity contribution in [2.24, 2.45) is 4.99 Å². The highest BCUT2D eigenvalue weighted by atomic mass is 16.1. The Balaban J connectivity index is 1.82. The van der Waals surface area contributed by atoms with Crippen LogP contribution >= 0.6 is 0 Å². The number of pyridine rings is 2. The van der Waals surface area contributed by atoms with E-state index < -0.39 is 0 Å². The number of hydrogen-bond acceptors (Lipinski definition) is 4. The van der Waals surface area contributed by atoms with Gasteiger partial charge in [0.1, 0.15) is 5.69 Å². The topological polar surface area (TPSA) is 55.2 Å². The van der Waals surface area contributed by atoms with Gasteiger partial charge in [-0.25, -0.2) is 4.98 Å². The van der Waals surface area contributed by atoms with Gasteiger partial charge in [-0.2, -0.15) is 0 Å². The summed E-state index contributed by atoms with van der Waals surface area (Å²) in [5.41, 5.74) is 3.02. The number of nitrogens with zero attached hydrogens (tertiary/aromatic N) is 3. The minimum Gasteiger partial charge on any atom is -0.293 e. The second kappa shape index (κ2) is 6.26. The number of benzene rings is 1.